The molecule has 2 heterocycles. The molecule has 2 aromatic heterocycles. The molecular formula is C15H12ClF3N4O3. The van der Waals surface area contributed by atoms with Crippen molar-refractivity contribution < 1.29 is 17.9 Å². The highest BCUT2D eigenvalue weighted by molar-refractivity contribution is 6.29. The van der Waals surface area contributed by atoms with Crippen LogP contribution in [0.15, 0.2) is 46.5 Å². The summed E-state index contributed by atoms with van der Waals surface area (Å²) >= 11 is 5.67. The van der Waals surface area contributed by atoms with Gasteiger partial charge in [0.05, 0.1) is 12.9 Å². The number of nitrogens with zero attached hydrogens (tertiary/aromatic N) is 3. The van der Waals surface area contributed by atoms with E-state index in [1.165, 1.54) is 19.1 Å². The van der Waals surface area contributed by atoms with Crippen LogP contribution in [0.3, 0.4) is 0 Å². The summed E-state index contributed by atoms with van der Waals surface area (Å²) in [5, 5.41) is 5.51. The van der Waals surface area contributed by atoms with Gasteiger partial charge in [0.15, 0.2) is 5.69 Å². The number of ether oxygens (including phenoxy) is 1. The molecule has 0 aliphatic rings. The number of hydrogen-bond acceptors (Lipinski definition) is 5. The molecule has 0 bridgehead atoms. The van der Waals surface area contributed by atoms with Crippen LogP contribution in [-0.4, -0.2) is 19.7 Å². The molecule has 0 aliphatic heterocycles. The van der Waals surface area contributed by atoms with Crippen molar-refractivity contribution in [2.75, 3.05) is 0 Å². The lowest BCUT2D eigenvalue weighted by Crippen LogP contribution is -2.29. The molecule has 0 saturated heterocycles. The molecule has 0 aliphatic carbocycles. The minimum absolute atomic E-state index is 0.00888. The van der Waals surface area contributed by atoms with Gasteiger partial charge in [0.1, 0.15) is 10.9 Å². The van der Waals surface area contributed by atoms with Gasteiger partial charge in [-0.2, -0.15) is 18.3 Å². The Morgan fingerprint density at radius 1 is 1.46 bits per heavy atom. The first-order valence-electron chi connectivity index (χ1n) is 7.04. The molecule has 0 fully saturated rings. The van der Waals surface area contributed by atoms with Crippen molar-refractivity contribution in [2.45, 2.75) is 19.6 Å². The number of hydrogen-bond donors (Lipinski definition) is 1. The normalized spacial score (nSPS) is 12.1. The second-order valence-corrected chi connectivity index (χ2v) is 5.28. The molecule has 7 nitrogen and oxygen atoms in total. The van der Waals surface area contributed by atoms with E-state index in [-0.39, 0.29) is 23.0 Å². The summed E-state index contributed by atoms with van der Waals surface area (Å²) in [4.78, 5) is 27.5. The van der Waals surface area contributed by atoms with Crippen LogP contribution in [0.4, 0.5) is 13.2 Å². The van der Waals surface area contributed by atoms with Gasteiger partial charge in [-0.25, -0.2) is 10.1 Å². The number of aromatic nitrogens is 4. The van der Waals surface area contributed by atoms with Gasteiger partial charge in [0, 0.05) is 5.56 Å². The molecule has 1 N–H and O–H groups in total. The van der Waals surface area contributed by atoms with Crippen LogP contribution in [0.2, 0.25) is 5.15 Å². The third kappa shape index (κ3) is 4.20. The summed E-state index contributed by atoms with van der Waals surface area (Å²) in [6.45, 7) is 4.51. The average Bonchev–Trinajstić information content (AvgIpc) is 2.57. The van der Waals surface area contributed by atoms with E-state index < -0.39 is 28.7 Å². The molecule has 0 atom stereocenters. The molecular weight excluding hydrogens is 377 g/mol. The largest absolute Gasteiger partial charge is 0.450 e. The maximum atomic E-state index is 13.1. The van der Waals surface area contributed by atoms with Crippen molar-refractivity contribution in [3.05, 3.63) is 74.0 Å². The molecule has 0 unspecified atom stereocenters. The summed E-state index contributed by atoms with van der Waals surface area (Å²) in [6.07, 6.45) is -1.76. The van der Waals surface area contributed by atoms with Gasteiger partial charge in [0.25, 0.3) is 11.1 Å². The first-order chi connectivity index (χ1) is 12.2. The van der Waals surface area contributed by atoms with Crippen LogP contribution in [0.25, 0.3) is 0 Å². The van der Waals surface area contributed by atoms with Crippen molar-refractivity contribution in [2.24, 2.45) is 0 Å². The van der Waals surface area contributed by atoms with Crippen LogP contribution < -0.4 is 15.9 Å². The number of H-pyrrole nitrogens is 1. The van der Waals surface area contributed by atoms with E-state index in [9.17, 15) is 22.8 Å². The molecule has 0 radical (unpaired) electrons. The highest BCUT2D eigenvalue weighted by Gasteiger charge is 2.38. The molecule has 26 heavy (non-hydrogen) atoms. The van der Waals surface area contributed by atoms with Gasteiger partial charge in [-0.3, -0.25) is 14.2 Å². The van der Waals surface area contributed by atoms with E-state index in [1.54, 1.807) is 0 Å². The number of alkyl halides is 3. The fourth-order valence-electron chi connectivity index (χ4n) is 1.93. The van der Waals surface area contributed by atoms with Gasteiger partial charge in [-0.1, -0.05) is 18.2 Å². The zero-order valence-electron chi connectivity index (χ0n) is 13.3. The zero-order chi connectivity index (χ0) is 19.5. The Hall–Kier alpha value is -2.88. The number of nitrogens with one attached hydrogen (secondary N) is 1. The Morgan fingerprint density at radius 2 is 2.15 bits per heavy atom. The van der Waals surface area contributed by atoms with Crippen molar-refractivity contribution in [1.29, 1.82) is 0 Å². The fraction of sp³-hybridized carbons (Fsp3) is 0.200. The maximum absolute atomic E-state index is 13.1. The molecule has 0 aromatic carbocycles. The fourth-order valence-corrected chi connectivity index (χ4v) is 2.11. The lowest BCUT2D eigenvalue weighted by atomic mass is 10.3. The minimum atomic E-state index is -4.91. The highest BCUT2D eigenvalue weighted by Crippen LogP contribution is 2.33. The standard InChI is InChI=1S/C15H12ClF3N4O3/c1-3-9(4-2)26-11-12(15(17,18)19)20-7-23(14(11)25)6-8-5-10(16)21-22-13(8)24/h3-5,7H,1,6H2,2H3,(H,22,24)/b9-4+. The summed E-state index contributed by atoms with van der Waals surface area (Å²) in [6, 6.07) is 1.19. The molecule has 2 rings (SSSR count). The summed E-state index contributed by atoms with van der Waals surface area (Å²) in [7, 11) is 0. The third-order valence-electron chi connectivity index (χ3n) is 3.16. The SMILES string of the molecule is C=C/C(=C\C)Oc1c(C(F)(F)F)ncn(Cc2cc(Cl)n[nH]c2=O)c1=O. The number of aromatic amines is 1. The van der Waals surface area contributed by atoms with Crippen molar-refractivity contribution in [3.63, 3.8) is 0 Å². The van der Waals surface area contributed by atoms with Crippen molar-refractivity contribution in [3.8, 4) is 5.75 Å². The van der Waals surface area contributed by atoms with Crippen LogP contribution in [0.1, 0.15) is 18.2 Å². The quantitative estimate of drug-likeness (QED) is 0.628. The van der Waals surface area contributed by atoms with E-state index in [1.807, 2.05) is 0 Å². The molecule has 11 heteroatoms. The monoisotopic (exact) mass is 388 g/mol. The van der Waals surface area contributed by atoms with Crippen LogP contribution in [0, 0.1) is 0 Å². The van der Waals surface area contributed by atoms with E-state index in [4.69, 9.17) is 16.3 Å². The topological polar surface area (TPSA) is 89.9 Å². The van der Waals surface area contributed by atoms with Gasteiger partial charge < -0.3 is 4.74 Å². The Bertz CT molecular complexity index is 979. The first kappa shape index (κ1) is 19.4. The maximum Gasteiger partial charge on any atom is 0.437 e. The minimum Gasteiger partial charge on any atom is -0.450 e. The molecule has 138 valence electrons. The van der Waals surface area contributed by atoms with Gasteiger partial charge in [-0.15, -0.1) is 0 Å². The second kappa shape index (κ2) is 7.56. The van der Waals surface area contributed by atoms with E-state index >= 15 is 0 Å². The second-order valence-electron chi connectivity index (χ2n) is 4.90. The van der Waals surface area contributed by atoms with Gasteiger partial charge >= 0.3 is 6.18 Å². The van der Waals surface area contributed by atoms with Crippen molar-refractivity contribution in [1.82, 2.24) is 19.7 Å². The molecule has 0 spiro atoms. The number of halogens is 4. The highest BCUT2D eigenvalue weighted by atomic mass is 35.5. The Labute approximate surface area is 149 Å². The predicted molar refractivity (Wildman–Crippen MR) is 87.1 cm³/mol. The Morgan fingerprint density at radius 3 is 2.73 bits per heavy atom. The lowest BCUT2D eigenvalue weighted by molar-refractivity contribution is -0.142. The molecule has 0 amide bonds. The summed E-state index contributed by atoms with van der Waals surface area (Å²) in [5.41, 5.74) is -3.25. The van der Waals surface area contributed by atoms with Crippen LogP contribution in [0.5, 0.6) is 5.75 Å². The number of allylic oxidation sites excluding steroid dienone is 2. The lowest BCUT2D eigenvalue weighted by Gasteiger charge is -2.14. The van der Waals surface area contributed by atoms with E-state index in [0.717, 1.165) is 10.6 Å². The summed E-state index contributed by atoms with van der Waals surface area (Å²) < 4.78 is 45.3. The van der Waals surface area contributed by atoms with Crippen molar-refractivity contribution >= 4 is 11.6 Å². The van der Waals surface area contributed by atoms with Crippen LogP contribution >= 0.6 is 11.6 Å². The van der Waals surface area contributed by atoms with E-state index in [0.29, 0.717) is 6.33 Å². The number of rotatable bonds is 5. The third-order valence-corrected chi connectivity index (χ3v) is 3.35. The smallest absolute Gasteiger partial charge is 0.437 e. The van der Waals surface area contributed by atoms with Gasteiger partial charge in [-0.05, 0) is 25.1 Å². The molecule has 2 aromatic rings. The Balaban J connectivity index is 2.59. The molecule has 0 saturated carbocycles. The Kier molecular flexibility index (Phi) is 5.66. The van der Waals surface area contributed by atoms with Gasteiger partial charge in [0.2, 0.25) is 5.75 Å². The zero-order valence-corrected chi connectivity index (χ0v) is 14.1. The van der Waals surface area contributed by atoms with E-state index in [2.05, 4.69) is 21.8 Å². The summed E-state index contributed by atoms with van der Waals surface area (Å²) in [5.74, 6) is -1.08. The first-order valence-corrected chi connectivity index (χ1v) is 7.42. The van der Waals surface area contributed by atoms with Crippen LogP contribution in [-0.2, 0) is 12.7 Å². The average molecular weight is 389 g/mol. The predicted octanol–water partition coefficient (Wildman–Crippen LogP) is 2.52.